The number of aliphatic hydroxyl groups excluding tert-OH is 3. The van der Waals surface area contributed by atoms with Crippen molar-refractivity contribution in [1.82, 2.24) is 5.32 Å². The maximum atomic E-state index is 11.1. The van der Waals surface area contributed by atoms with Crippen molar-refractivity contribution in [3.05, 3.63) is 0 Å². The van der Waals surface area contributed by atoms with E-state index in [2.05, 4.69) is 17.9 Å². The number of nitrogens with one attached hydrogen (secondary N) is 1. The summed E-state index contributed by atoms with van der Waals surface area (Å²) in [5.41, 5.74) is -0.493. The first-order valence-electron chi connectivity index (χ1n) is 5.60. The normalized spacial score (nSPS) is 38.2. The zero-order valence-corrected chi connectivity index (χ0v) is 11.1. The summed E-state index contributed by atoms with van der Waals surface area (Å²) in [5.74, 6) is -0.391. The number of thiol groups is 1. The lowest BCUT2D eigenvalue weighted by Crippen LogP contribution is -2.64. The van der Waals surface area contributed by atoms with Crippen LogP contribution in [-0.4, -0.2) is 63.9 Å². The topological polar surface area (TPSA) is 108 Å². The Labute approximate surface area is 110 Å². The molecule has 1 aliphatic heterocycles. The fourth-order valence-corrected chi connectivity index (χ4v) is 1.90. The van der Waals surface area contributed by atoms with Gasteiger partial charge < -0.3 is 30.1 Å². The molecule has 0 aromatic rings. The van der Waals surface area contributed by atoms with E-state index in [9.17, 15) is 15.0 Å². The number of carbonyl (C=O) groups is 1. The van der Waals surface area contributed by atoms with Crippen LogP contribution < -0.4 is 5.32 Å². The molecule has 0 spiro atoms. The second kappa shape index (κ2) is 6.69. The first-order chi connectivity index (χ1) is 8.36. The van der Waals surface area contributed by atoms with Gasteiger partial charge in [0.2, 0.25) is 5.91 Å². The predicted molar refractivity (Wildman–Crippen MR) is 64.9 cm³/mol. The van der Waals surface area contributed by atoms with Crippen LogP contribution >= 0.6 is 12.6 Å². The number of hydrogen-bond acceptors (Lipinski definition) is 7. The highest BCUT2D eigenvalue weighted by atomic mass is 32.1. The summed E-state index contributed by atoms with van der Waals surface area (Å²) in [6.45, 7) is 2.45. The molecule has 1 aliphatic rings. The molecule has 0 aromatic heterocycles. The molecule has 4 N–H and O–H groups in total. The van der Waals surface area contributed by atoms with E-state index in [0.717, 1.165) is 0 Å². The minimum absolute atomic E-state index is 0.391. The highest BCUT2D eigenvalue weighted by Gasteiger charge is 2.45. The van der Waals surface area contributed by atoms with Crippen LogP contribution in [0.2, 0.25) is 0 Å². The standard InChI is InChI=1S/C10H19NO6S/c1-4(13)11-7-9(15)8(14)6(3-12)17-10(7)16-5(2)18/h5-10,12,14-15,18H,3H2,1-2H3,(H,11,13). The molecule has 0 aromatic carbocycles. The molecule has 1 heterocycles. The van der Waals surface area contributed by atoms with E-state index >= 15 is 0 Å². The lowest BCUT2D eigenvalue weighted by molar-refractivity contribution is -0.272. The molecule has 1 rings (SSSR count). The summed E-state index contributed by atoms with van der Waals surface area (Å²) in [5, 5.41) is 31.1. The van der Waals surface area contributed by atoms with Crippen molar-refractivity contribution in [3.63, 3.8) is 0 Å². The Morgan fingerprint density at radius 1 is 1.50 bits per heavy atom. The van der Waals surface area contributed by atoms with E-state index in [0.29, 0.717) is 0 Å². The number of carbonyl (C=O) groups excluding carboxylic acids is 1. The van der Waals surface area contributed by atoms with Crippen LogP contribution in [-0.2, 0) is 14.3 Å². The smallest absolute Gasteiger partial charge is 0.217 e. The van der Waals surface area contributed by atoms with Gasteiger partial charge in [-0.25, -0.2) is 0 Å². The van der Waals surface area contributed by atoms with Gasteiger partial charge in [0.05, 0.1) is 6.61 Å². The van der Waals surface area contributed by atoms with Crippen molar-refractivity contribution in [1.29, 1.82) is 0 Å². The van der Waals surface area contributed by atoms with Gasteiger partial charge in [-0.3, -0.25) is 4.79 Å². The van der Waals surface area contributed by atoms with E-state index in [4.69, 9.17) is 14.6 Å². The summed E-state index contributed by atoms with van der Waals surface area (Å²) >= 11 is 4.03. The van der Waals surface area contributed by atoms with Gasteiger partial charge in [-0.1, -0.05) is 0 Å². The molecule has 1 amide bonds. The molecule has 106 valence electrons. The maximum absolute atomic E-state index is 11.1. The van der Waals surface area contributed by atoms with Gasteiger partial charge in [-0.2, -0.15) is 0 Å². The highest BCUT2D eigenvalue weighted by molar-refractivity contribution is 7.80. The minimum Gasteiger partial charge on any atom is -0.394 e. The second-order valence-electron chi connectivity index (χ2n) is 4.17. The average molecular weight is 281 g/mol. The van der Waals surface area contributed by atoms with Gasteiger partial charge in [0, 0.05) is 6.92 Å². The number of ether oxygens (including phenoxy) is 2. The van der Waals surface area contributed by atoms with Gasteiger partial charge in [-0.15, -0.1) is 12.6 Å². The third-order valence-corrected chi connectivity index (χ3v) is 2.70. The Kier molecular flexibility index (Phi) is 5.83. The lowest BCUT2D eigenvalue weighted by atomic mass is 9.97. The van der Waals surface area contributed by atoms with Crippen molar-refractivity contribution in [3.8, 4) is 0 Å². The van der Waals surface area contributed by atoms with E-state index in [-0.39, 0.29) is 0 Å². The van der Waals surface area contributed by atoms with E-state index in [1.54, 1.807) is 6.92 Å². The Hall–Kier alpha value is -0.380. The van der Waals surface area contributed by atoms with Crippen LogP contribution in [0.15, 0.2) is 0 Å². The van der Waals surface area contributed by atoms with E-state index in [1.807, 2.05) is 0 Å². The van der Waals surface area contributed by atoms with Gasteiger partial charge in [0.1, 0.15) is 29.8 Å². The van der Waals surface area contributed by atoms with Crippen LogP contribution in [0.25, 0.3) is 0 Å². The van der Waals surface area contributed by atoms with Gasteiger partial charge in [-0.05, 0) is 6.92 Å². The maximum Gasteiger partial charge on any atom is 0.217 e. The summed E-state index contributed by atoms with van der Waals surface area (Å²) in [7, 11) is 0. The fraction of sp³-hybridized carbons (Fsp3) is 0.900. The predicted octanol–water partition coefficient (Wildman–Crippen LogP) is -1.78. The molecule has 8 heteroatoms. The number of hydrogen-bond donors (Lipinski definition) is 5. The van der Waals surface area contributed by atoms with Crippen molar-refractivity contribution in [2.75, 3.05) is 6.61 Å². The molecular weight excluding hydrogens is 262 g/mol. The van der Waals surface area contributed by atoms with Gasteiger partial charge >= 0.3 is 0 Å². The van der Waals surface area contributed by atoms with Gasteiger partial charge in [0.15, 0.2) is 6.29 Å². The first-order valence-corrected chi connectivity index (χ1v) is 6.11. The third-order valence-electron chi connectivity index (χ3n) is 2.58. The molecule has 1 fully saturated rings. The fourth-order valence-electron chi connectivity index (χ4n) is 1.78. The summed E-state index contributed by atoms with van der Waals surface area (Å²) in [4.78, 5) is 11.1. The Bertz CT molecular complexity index is 290. The molecule has 0 radical (unpaired) electrons. The number of aliphatic hydroxyl groups is 3. The summed E-state index contributed by atoms with van der Waals surface area (Å²) in [6, 6.07) is -0.921. The number of amides is 1. The van der Waals surface area contributed by atoms with Gasteiger partial charge in [0.25, 0.3) is 0 Å². The Morgan fingerprint density at radius 3 is 2.56 bits per heavy atom. The quantitative estimate of drug-likeness (QED) is 0.308. The molecule has 6 unspecified atom stereocenters. The van der Waals surface area contributed by atoms with Crippen LogP contribution in [0.5, 0.6) is 0 Å². The Balaban J connectivity index is 2.83. The molecule has 0 bridgehead atoms. The molecule has 0 saturated carbocycles. The molecular formula is C10H19NO6S. The van der Waals surface area contributed by atoms with Crippen molar-refractivity contribution in [2.24, 2.45) is 0 Å². The van der Waals surface area contributed by atoms with Crippen molar-refractivity contribution >= 4 is 18.5 Å². The van der Waals surface area contributed by atoms with E-state index in [1.165, 1.54) is 6.92 Å². The monoisotopic (exact) mass is 281 g/mol. The molecule has 0 aliphatic carbocycles. The highest BCUT2D eigenvalue weighted by Crippen LogP contribution is 2.23. The van der Waals surface area contributed by atoms with Crippen molar-refractivity contribution < 1.29 is 29.6 Å². The van der Waals surface area contributed by atoms with Crippen molar-refractivity contribution in [2.45, 2.75) is 49.9 Å². The third kappa shape index (κ3) is 3.81. The summed E-state index contributed by atoms with van der Waals surface area (Å²) < 4.78 is 10.6. The average Bonchev–Trinajstić information content (AvgIpc) is 2.27. The Morgan fingerprint density at radius 2 is 2.11 bits per heavy atom. The van der Waals surface area contributed by atoms with Crippen LogP contribution in [0.1, 0.15) is 13.8 Å². The van der Waals surface area contributed by atoms with Crippen LogP contribution in [0.3, 0.4) is 0 Å². The van der Waals surface area contributed by atoms with E-state index < -0.39 is 48.6 Å². The minimum atomic E-state index is -1.30. The summed E-state index contributed by atoms with van der Waals surface area (Å²) in [6.07, 6.45) is -4.56. The molecule has 6 atom stereocenters. The van der Waals surface area contributed by atoms with Crippen LogP contribution in [0, 0.1) is 0 Å². The number of rotatable bonds is 4. The molecule has 18 heavy (non-hydrogen) atoms. The zero-order valence-electron chi connectivity index (χ0n) is 10.2. The zero-order chi connectivity index (χ0) is 13.9. The first kappa shape index (κ1) is 15.7. The largest absolute Gasteiger partial charge is 0.394 e. The second-order valence-corrected chi connectivity index (χ2v) is 4.90. The lowest BCUT2D eigenvalue weighted by Gasteiger charge is -2.42. The molecule has 1 saturated heterocycles. The SMILES string of the molecule is CC(=O)NC1C(OC(C)S)OC(CO)C(O)C1O. The molecule has 7 nitrogen and oxygen atoms in total. The van der Waals surface area contributed by atoms with Crippen LogP contribution in [0.4, 0.5) is 0 Å².